The summed E-state index contributed by atoms with van der Waals surface area (Å²) < 4.78 is 24.0. The van der Waals surface area contributed by atoms with E-state index in [1.165, 1.54) is 39.5 Å². The van der Waals surface area contributed by atoms with Crippen molar-refractivity contribution in [2.24, 2.45) is 11.8 Å². The molecule has 0 aromatic heterocycles. The number of esters is 2. The predicted molar refractivity (Wildman–Crippen MR) is 203 cm³/mol. The molecule has 4 bridgehead atoms. The highest BCUT2D eigenvalue weighted by Crippen LogP contribution is 2.34. The van der Waals surface area contributed by atoms with Gasteiger partial charge in [-0.05, 0) is 96.2 Å². The average Bonchev–Trinajstić information content (AvgIpc) is 3.13. The van der Waals surface area contributed by atoms with Gasteiger partial charge in [-0.25, -0.2) is 4.79 Å². The number of carbonyl (C=O) groups excluding carboxylic acids is 3. The van der Waals surface area contributed by atoms with Crippen LogP contribution in [0.25, 0.3) is 0 Å². The van der Waals surface area contributed by atoms with Crippen molar-refractivity contribution in [3.63, 3.8) is 0 Å². The number of amides is 1. The lowest BCUT2D eigenvalue weighted by Gasteiger charge is -2.40. The molecule has 0 aliphatic carbocycles. The fourth-order valence-corrected chi connectivity index (χ4v) is 8.57. The molecule has 0 spiro atoms. The zero-order chi connectivity index (χ0) is 36.9. The molecule has 9 nitrogen and oxygen atoms in total. The zero-order valence-corrected chi connectivity index (χ0v) is 32.2. The predicted octanol–water partition coefficient (Wildman–Crippen LogP) is 7.42. The van der Waals surface area contributed by atoms with Crippen LogP contribution in [0.4, 0.5) is 0 Å². The van der Waals surface area contributed by atoms with E-state index >= 15 is 0 Å². The van der Waals surface area contributed by atoms with Crippen molar-refractivity contribution >= 4 is 17.8 Å². The Morgan fingerprint density at radius 1 is 0.827 bits per heavy atom. The van der Waals surface area contributed by atoms with E-state index < -0.39 is 6.10 Å². The van der Waals surface area contributed by atoms with E-state index in [1.807, 2.05) is 42.2 Å². The molecule has 0 N–H and O–H groups in total. The van der Waals surface area contributed by atoms with Crippen LogP contribution >= 0.6 is 0 Å². The minimum Gasteiger partial charge on any atom is -0.466 e. The van der Waals surface area contributed by atoms with Crippen molar-refractivity contribution in [3.8, 4) is 0 Å². The molecule has 0 saturated carbocycles. The molecule has 5 aliphatic heterocycles. The van der Waals surface area contributed by atoms with Gasteiger partial charge in [0, 0.05) is 44.0 Å². The number of likely N-dealkylation sites (tertiary alicyclic amines) is 2. The number of nitrogens with zero attached hydrogens (tertiary/aromatic N) is 2. The summed E-state index contributed by atoms with van der Waals surface area (Å²) in [6.45, 7) is 10.4. The van der Waals surface area contributed by atoms with Gasteiger partial charge in [0.15, 0.2) is 0 Å². The Hall–Kier alpha value is -3.01. The number of fused-ring (bicyclic) bond motifs is 4. The Morgan fingerprint density at radius 2 is 1.54 bits per heavy atom. The number of hydrogen-bond acceptors (Lipinski definition) is 8. The number of piperidine rings is 2. The van der Waals surface area contributed by atoms with Gasteiger partial charge in [-0.15, -0.1) is 0 Å². The number of allylic oxidation sites excluding steroid dienone is 5. The van der Waals surface area contributed by atoms with Gasteiger partial charge in [-0.1, -0.05) is 67.9 Å². The molecule has 7 unspecified atom stereocenters. The number of ether oxygens (including phenoxy) is 4. The molecule has 5 aliphatic rings. The minimum atomic E-state index is -0.465. The Labute approximate surface area is 312 Å². The smallest absolute Gasteiger partial charge is 0.330 e. The summed E-state index contributed by atoms with van der Waals surface area (Å²) in [5, 5.41) is 0. The summed E-state index contributed by atoms with van der Waals surface area (Å²) in [5.74, 6) is -0.237. The molecule has 5 heterocycles. The van der Waals surface area contributed by atoms with E-state index in [9.17, 15) is 14.4 Å². The molecule has 0 aromatic rings. The summed E-state index contributed by atoms with van der Waals surface area (Å²) in [5.41, 5.74) is 1.96. The van der Waals surface area contributed by atoms with Crippen LogP contribution in [0, 0.1) is 11.8 Å². The Bertz CT molecular complexity index is 1340. The largest absolute Gasteiger partial charge is 0.466 e. The fourth-order valence-electron chi connectivity index (χ4n) is 8.57. The third kappa shape index (κ3) is 12.8. The summed E-state index contributed by atoms with van der Waals surface area (Å²) in [4.78, 5) is 43.3. The Morgan fingerprint density at radius 3 is 2.29 bits per heavy atom. The van der Waals surface area contributed by atoms with Crippen LogP contribution in [0.5, 0.6) is 0 Å². The lowest BCUT2D eigenvalue weighted by molar-refractivity contribution is -0.154. The highest BCUT2D eigenvalue weighted by atomic mass is 16.6. The molecule has 0 aromatic carbocycles. The molecule has 4 fully saturated rings. The Kier molecular flexibility index (Phi) is 15.8. The first-order chi connectivity index (χ1) is 25.1. The average molecular weight is 721 g/mol. The summed E-state index contributed by atoms with van der Waals surface area (Å²) in [7, 11) is 1.38. The zero-order valence-electron chi connectivity index (χ0n) is 32.2. The van der Waals surface area contributed by atoms with E-state index in [-0.39, 0.29) is 54.6 Å². The molecule has 1 amide bonds. The lowest BCUT2D eigenvalue weighted by Crippen LogP contribution is -2.48. The van der Waals surface area contributed by atoms with Crippen molar-refractivity contribution in [1.82, 2.24) is 9.80 Å². The first-order valence-electron chi connectivity index (χ1n) is 20.1. The number of methoxy groups -OCH3 is 1. The maximum Gasteiger partial charge on any atom is 0.330 e. The van der Waals surface area contributed by atoms with E-state index in [1.54, 1.807) is 6.08 Å². The SMILES string of the molecule is COC(=O)/C=C1\CC2CC(=O)OC(/C=C/C=C\C=C(/C)CC(=O)N3CCC(N4CCCCC4)CC3)C(C)/C=C/C(C)CC3CCCC(CC(C1)O2)O3. The number of cyclic esters (lactones) is 1. The Balaban J connectivity index is 1.19. The van der Waals surface area contributed by atoms with Crippen molar-refractivity contribution < 1.29 is 33.3 Å². The van der Waals surface area contributed by atoms with Crippen LogP contribution in [0.2, 0.25) is 0 Å². The quantitative estimate of drug-likeness (QED) is 0.116. The van der Waals surface area contributed by atoms with Gasteiger partial charge < -0.3 is 28.7 Å². The molecule has 52 heavy (non-hydrogen) atoms. The van der Waals surface area contributed by atoms with Crippen LogP contribution in [0.3, 0.4) is 0 Å². The van der Waals surface area contributed by atoms with Gasteiger partial charge in [0.2, 0.25) is 5.91 Å². The summed E-state index contributed by atoms with van der Waals surface area (Å²) in [6.07, 6.45) is 27.6. The summed E-state index contributed by atoms with van der Waals surface area (Å²) >= 11 is 0. The van der Waals surface area contributed by atoms with Crippen molar-refractivity contribution in [3.05, 3.63) is 59.8 Å². The van der Waals surface area contributed by atoms with Crippen LogP contribution in [-0.2, 0) is 33.3 Å². The van der Waals surface area contributed by atoms with Crippen LogP contribution in [-0.4, -0.2) is 97.5 Å². The highest BCUT2D eigenvalue weighted by Gasteiger charge is 2.33. The van der Waals surface area contributed by atoms with Gasteiger partial charge >= 0.3 is 11.9 Å². The molecule has 0 radical (unpaired) electrons. The van der Waals surface area contributed by atoms with Crippen LogP contribution < -0.4 is 0 Å². The molecule has 5 rings (SSSR count). The van der Waals surface area contributed by atoms with E-state index in [0.717, 1.165) is 69.2 Å². The minimum absolute atomic E-state index is 0.0484. The first-order valence-corrected chi connectivity index (χ1v) is 20.1. The molecule has 288 valence electrons. The number of hydrogen-bond donors (Lipinski definition) is 0. The van der Waals surface area contributed by atoms with Crippen molar-refractivity contribution in [2.45, 2.75) is 147 Å². The molecule has 9 heteroatoms. The van der Waals surface area contributed by atoms with Gasteiger partial charge in [0.25, 0.3) is 0 Å². The third-order valence-electron chi connectivity index (χ3n) is 11.5. The fraction of sp³-hybridized carbons (Fsp3) is 0.698. The second-order valence-electron chi connectivity index (χ2n) is 15.9. The molecule has 4 saturated heterocycles. The van der Waals surface area contributed by atoms with Crippen molar-refractivity contribution in [2.75, 3.05) is 33.3 Å². The van der Waals surface area contributed by atoms with Gasteiger partial charge in [0.1, 0.15) is 6.10 Å². The van der Waals surface area contributed by atoms with E-state index in [0.29, 0.717) is 31.2 Å². The maximum absolute atomic E-state index is 13.4. The van der Waals surface area contributed by atoms with E-state index in [4.69, 9.17) is 18.9 Å². The van der Waals surface area contributed by atoms with Crippen LogP contribution in [0.1, 0.15) is 111 Å². The van der Waals surface area contributed by atoms with Crippen molar-refractivity contribution in [1.29, 1.82) is 0 Å². The topological polar surface area (TPSA) is 94.6 Å². The third-order valence-corrected chi connectivity index (χ3v) is 11.5. The molecule has 7 atom stereocenters. The van der Waals surface area contributed by atoms with E-state index in [2.05, 4.69) is 30.9 Å². The second-order valence-corrected chi connectivity index (χ2v) is 15.9. The normalized spacial score (nSPS) is 33.7. The number of rotatable bonds is 7. The molecular weight excluding hydrogens is 656 g/mol. The van der Waals surface area contributed by atoms with Gasteiger partial charge in [0.05, 0.1) is 37.9 Å². The van der Waals surface area contributed by atoms with Gasteiger partial charge in [-0.2, -0.15) is 0 Å². The lowest BCUT2D eigenvalue weighted by atomic mass is 9.89. The monoisotopic (exact) mass is 720 g/mol. The number of carbonyl (C=O) groups is 3. The first kappa shape index (κ1) is 40.2. The maximum atomic E-state index is 13.4. The highest BCUT2D eigenvalue weighted by molar-refractivity contribution is 5.82. The van der Waals surface area contributed by atoms with Gasteiger partial charge in [-0.3, -0.25) is 9.59 Å². The standard InChI is InChI=1S/C43H64N2O7/c1-31(25-41(46)45-22-18-35(19-23-45)44-20-9-6-10-21-44)12-7-5-8-15-40-33(3)17-16-32(2)24-36-13-11-14-37(50-36)29-38-26-34(28-42(47)49-4)27-39(51-38)30-43(48)52-40/h5,7-8,12,15-17,28,32-33,35-40H,6,9-11,13-14,18-27,29-30H2,1-4H3/b7-5-,15-8+,17-16+,31-12+,34-28-. The van der Waals surface area contributed by atoms with Crippen LogP contribution in [0.15, 0.2) is 59.8 Å². The summed E-state index contributed by atoms with van der Waals surface area (Å²) in [6, 6.07) is 0.630. The second kappa shape index (κ2) is 20.4. The molecular formula is C43H64N2O7.